The third kappa shape index (κ3) is 6.22. The number of hydrogen-bond donors (Lipinski definition) is 1. The molecular weight excluding hydrogens is 388 g/mol. The highest BCUT2D eigenvalue weighted by Crippen LogP contribution is 2.26. The molecule has 0 unspecified atom stereocenters. The van der Waals surface area contributed by atoms with Crippen LogP contribution in [0, 0.1) is 13.8 Å². The maximum absolute atomic E-state index is 12.7. The van der Waals surface area contributed by atoms with Gasteiger partial charge in [0.15, 0.2) is 0 Å². The molecule has 2 aromatic carbocycles. The van der Waals surface area contributed by atoms with Gasteiger partial charge in [0.05, 0.1) is 19.1 Å². The number of nitrogens with one attached hydrogen (secondary N) is 1. The van der Waals surface area contributed by atoms with Gasteiger partial charge >= 0.3 is 0 Å². The van der Waals surface area contributed by atoms with Crippen molar-refractivity contribution in [2.24, 2.45) is 0 Å². The van der Waals surface area contributed by atoms with Gasteiger partial charge in [0.2, 0.25) is 15.9 Å². The van der Waals surface area contributed by atoms with Crippen LogP contribution >= 0.6 is 0 Å². The van der Waals surface area contributed by atoms with Crippen molar-refractivity contribution in [1.82, 2.24) is 5.32 Å². The third-order valence-corrected chi connectivity index (χ3v) is 5.99. The summed E-state index contributed by atoms with van der Waals surface area (Å²) >= 11 is 0. The van der Waals surface area contributed by atoms with Gasteiger partial charge in [-0.1, -0.05) is 24.3 Å². The zero-order valence-electron chi connectivity index (χ0n) is 17.7. The molecular formula is C22H30N2O4S. The smallest absolute Gasteiger partial charge is 0.243 e. The number of sulfonamides is 1. The molecule has 0 saturated carbocycles. The lowest BCUT2D eigenvalue weighted by atomic mass is 10.1. The summed E-state index contributed by atoms with van der Waals surface area (Å²) in [5, 5.41) is 2.86. The molecule has 0 aromatic heterocycles. The topological polar surface area (TPSA) is 75.7 Å². The average Bonchev–Trinajstić information content (AvgIpc) is 2.67. The van der Waals surface area contributed by atoms with Crippen molar-refractivity contribution in [3.05, 3.63) is 59.2 Å². The molecule has 2 rings (SSSR count). The maximum atomic E-state index is 12.7. The first-order valence-electron chi connectivity index (χ1n) is 9.60. The number of carbonyl (C=O) groups excluding carboxylic acids is 1. The van der Waals surface area contributed by atoms with Crippen molar-refractivity contribution < 1.29 is 17.9 Å². The summed E-state index contributed by atoms with van der Waals surface area (Å²) in [5.41, 5.74) is 3.40. The molecule has 7 heteroatoms. The van der Waals surface area contributed by atoms with Gasteiger partial charge in [-0.05, 0) is 68.5 Å². The van der Waals surface area contributed by atoms with Gasteiger partial charge in [0.1, 0.15) is 11.8 Å². The van der Waals surface area contributed by atoms with Crippen LogP contribution in [-0.4, -0.2) is 40.3 Å². The van der Waals surface area contributed by atoms with Crippen LogP contribution in [0.5, 0.6) is 5.75 Å². The summed E-state index contributed by atoms with van der Waals surface area (Å²) in [6.07, 6.45) is 2.66. The Bertz CT molecular complexity index is 957. The van der Waals surface area contributed by atoms with Crippen molar-refractivity contribution in [2.75, 3.05) is 24.2 Å². The Morgan fingerprint density at radius 3 is 2.55 bits per heavy atom. The van der Waals surface area contributed by atoms with Crippen molar-refractivity contribution in [3.63, 3.8) is 0 Å². The minimum Gasteiger partial charge on any atom is -0.497 e. The van der Waals surface area contributed by atoms with Crippen LogP contribution in [-0.2, 0) is 21.2 Å². The molecule has 1 amide bonds. The first-order valence-corrected chi connectivity index (χ1v) is 11.5. The van der Waals surface area contributed by atoms with Gasteiger partial charge in [-0.3, -0.25) is 9.10 Å². The molecule has 6 nitrogen and oxygen atoms in total. The molecule has 0 spiro atoms. The van der Waals surface area contributed by atoms with Gasteiger partial charge in [-0.25, -0.2) is 8.42 Å². The summed E-state index contributed by atoms with van der Waals surface area (Å²) in [7, 11) is -1.99. The highest BCUT2D eigenvalue weighted by molar-refractivity contribution is 7.92. The number of carbonyl (C=O) groups is 1. The zero-order valence-corrected chi connectivity index (χ0v) is 18.5. The third-order valence-electron chi connectivity index (χ3n) is 4.77. The van der Waals surface area contributed by atoms with E-state index < -0.39 is 16.1 Å². The molecule has 0 fully saturated rings. The van der Waals surface area contributed by atoms with Gasteiger partial charge in [-0.2, -0.15) is 0 Å². The predicted molar refractivity (Wildman–Crippen MR) is 117 cm³/mol. The number of amides is 1. The summed E-state index contributed by atoms with van der Waals surface area (Å²) < 4.78 is 31.3. The highest BCUT2D eigenvalue weighted by Gasteiger charge is 2.29. The molecule has 0 aliphatic rings. The fourth-order valence-corrected chi connectivity index (χ4v) is 4.44. The average molecular weight is 419 g/mol. The van der Waals surface area contributed by atoms with Gasteiger partial charge in [0, 0.05) is 6.54 Å². The fraction of sp³-hybridized carbons (Fsp3) is 0.409. The van der Waals surface area contributed by atoms with Crippen molar-refractivity contribution in [1.29, 1.82) is 0 Å². The molecule has 0 radical (unpaired) electrons. The summed E-state index contributed by atoms with van der Waals surface area (Å²) in [5.74, 6) is 0.486. The van der Waals surface area contributed by atoms with Crippen LogP contribution in [0.15, 0.2) is 42.5 Å². The molecule has 1 atom stereocenters. The molecule has 0 saturated heterocycles. The normalized spacial score (nSPS) is 12.3. The van der Waals surface area contributed by atoms with Crippen molar-refractivity contribution in [2.45, 2.75) is 39.7 Å². The van der Waals surface area contributed by atoms with E-state index in [4.69, 9.17) is 4.74 Å². The number of hydrogen-bond acceptors (Lipinski definition) is 4. The molecule has 0 aliphatic heterocycles. The highest BCUT2D eigenvalue weighted by atomic mass is 32.2. The molecule has 1 N–H and O–H groups in total. The molecule has 2 aromatic rings. The van der Waals surface area contributed by atoms with Crippen LogP contribution in [0.3, 0.4) is 0 Å². The minimum absolute atomic E-state index is 0.318. The Morgan fingerprint density at radius 1 is 1.17 bits per heavy atom. The van der Waals surface area contributed by atoms with Crippen LogP contribution in [0.25, 0.3) is 0 Å². The second-order valence-corrected chi connectivity index (χ2v) is 9.13. The molecule has 0 heterocycles. The Kier molecular flexibility index (Phi) is 7.67. The Balaban J connectivity index is 2.03. The van der Waals surface area contributed by atoms with E-state index in [-0.39, 0.29) is 5.91 Å². The first kappa shape index (κ1) is 22.7. The number of aryl methyl sites for hydroxylation is 3. The molecule has 0 aliphatic carbocycles. The predicted octanol–water partition coefficient (Wildman–Crippen LogP) is 3.22. The summed E-state index contributed by atoms with van der Waals surface area (Å²) in [4.78, 5) is 12.7. The van der Waals surface area contributed by atoms with Gasteiger partial charge < -0.3 is 10.1 Å². The Hall–Kier alpha value is -2.54. The maximum Gasteiger partial charge on any atom is 0.243 e. The first-order chi connectivity index (χ1) is 13.6. The number of anilines is 1. The summed E-state index contributed by atoms with van der Waals surface area (Å²) in [6, 6.07) is 12.5. The van der Waals surface area contributed by atoms with E-state index in [1.165, 1.54) is 4.31 Å². The van der Waals surface area contributed by atoms with E-state index in [1.807, 2.05) is 50.2 Å². The second-order valence-electron chi connectivity index (χ2n) is 7.27. The van der Waals surface area contributed by atoms with Crippen molar-refractivity contribution in [3.8, 4) is 5.75 Å². The Labute approximate surface area is 173 Å². The van der Waals surface area contributed by atoms with Crippen LogP contribution < -0.4 is 14.4 Å². The quantitative estimate of drug-likeness (QED) is 0.635. The van der Waals surface area contributed by atoms with E-state index >= 15 is 0 Å². The lowest BCUT2D eigenvalue weighted by Crippen LogP contribution is -2.48. The number of rotatable bonds is 9. The fourth-order valence-electron chi connectivity index (χ4n) is 3.22. The van der Waals surface area contributed by atoms with Gasteiger partial charge in [0.25, 0.3) is 0 Å². The lowest BCUT2D eigenvalue weighted by Gasteiger charge is -2.29. The zero-order chi connectivity index (χ0) is 21.6. The lowest BCUT2D eigenvalue weighted by molar-refractivity contribution is -0.121. The van der Waals surface area contributed by atoms with Crippen LogP contribution in [0.1, 0.15) is 30.0 Å². The number of ether oxygens (including phenoxy) is 1. The van der Waals surface area contributed by atoms with E-state index in [9.17, 15) is 13.2 Å². The van der Waals surface area contributed by atoms with Gasteiger partial charge in [-0.15, -0.1) is 0 Å². The van der Waals surface area contributed by atoms with Crippen LogP contribution in [0.2, 0.25) is 0 Å². The number of benzene rings is 2. The molecule has 0 bridgehead atoms. The van der Waals surface area contributed by atoms with Crippen molar-refractivity contribution >= 4 is 21.6 Å². The summed E-state index contributed by atoms with van der Waals surface area (Å²) in [6.45, 7) is 5.81. The van der Waals surface area contributed by atoms with E-state index in [1.54, 1.807) is 20.1 Å². The number of methoxy groups -OCH3 is 1. The van der Waals surface area contributed by atoms with E-state index in [2.05, 4.69) is 5.32 Å². The molecule has 158 valence electrons. The largest absolute Gasteiger partial charge is 0.497 e. The standard InChI is InChI=1S/C22H30N2O4S/c1-16-11-12-17(2)21(14-16)24(29(5,26)27)18(3)22(25)23-13-7-9-19-8-6-10-20(15-19)28-4/h6,8,10-12,14-15,18H,7,9,13H2,1-5H3,(H,23,25)/t18-/m1/s1. The minimum atomic E-state index is -3.62. The monoisotopic (exact) mass is 418 g/mol. The SMILES string of the molecule is COc1cccc(CCCNC(=O)[C@@H](C)N(c2cc(C)ccc2C)S(C)(=O)=O)c1. The van der Waals surface area contributed by atoms with Crippen LogP contribution in [0.4, 0.5) is 5.69 Å². The Morgan fingerprint density at radius 2 is 1.90 bits per heavy atom. The van der Waals surface area contributed by atoms with E-state index in [0.717, 1.165) is 41.5 Å². The van der Waals surface area contributed by atoms with E-state index in [0.29, 0.717) is 12.2 Å². The second kappa shape index (κ2) is 9.78. The number of nitrogens with zero attached hydrogens (tertiary/aromatic N) is 1. The molecule has 29 heavy (non-hydrogen) atoms.